The van der Waals surface area contributed by atoms with Gasteiger partial charge in [-0.1, -0.05) is 49.6 Å². The van der Waals surface area contributed by atoms with Gasteiger partial charge in [-0.2, -0.15) is 0 Å². The van der Waals surface area contributed by atoms with E-state index < -0.39 is 30.0 Å². The molecule has 2 fully saturated rings. The molecule has 1 saturated heterocycles. The number of carbonyl (C=O) groups excluding carboxylic acids is 4. The lowest BCUT2D eigenvalue weighted by atomic mass is 9.89. The summed E-state index contributed by atoms with van der Waals surface area (Å²) in [5.41, 5.74) is 16.0. The number of fused-ring (bicyclic) bond motifs is 1. The molecule has 15 nitrogen and oxygen atoms in total. The number of nitrogens with zero attached hydrogens (tertiary/aromatic N) is 3. The number of rotatable bonds is 19. The van der Waals surface area contributed by atoms with E-state index in [9.17, 15) is 19.2 Å². The van der Waals surface area contributed by atoms with Gasteiger partial charge >= 0.3 is 12.0 Å². The summed E-state index contributed by atoms with van der Waals surface area (Å²) in [7, 11) is 2.94. The normalized spacial score (nSPS) is 15.4. The number of benzene rings is 3. The van der Waals surface area contributed by atoms with Crippen molar-refractivity contribution < 1.29 is 28.7 Å². The number of aromatic nitrogens is 1. The minimum Gasteiger partial charge on any atom is -0.497 e. The zero-order chi connectivity index (χ0) is 43.1. The number of carbonyl (C=O) groups is 4. The van der Waals surface area contributed by atoms with Crippen LogP contribution in [-0.4, -0.2) is 91.7 Å². The first-order chi connectivity index (χ1) is 29.6. The SMILES string of the molecule is COC(=O)c1ccc(Cn2cc(CN3CCCC3)c3ccc(NC(=O)N[C@@H](Cc4ccc(OC)cc4)C(=O)N[C@@H](CCCN=C(N)N)C(=O)NCC4CCCCC4)cc32)cc1. The summed E-state index contributed by atoms with van der Waals surface area (Å²) in [6.45, 7) is 4.31. The fourth-order valence-electron chi connectivity index (χ4n) is 8.28. The Morgan fingerprint density at radius 1 is 0.820 bits per heavy atom. The lowest BCUT2D eigenvalue weighted by Crippen LogP contribution is -2.55. The van der Waals surface area contributed by atoms with Gasteiger partial charge in [0.25, 0.3) is 0 Å². The maximum atomic E-state index is 14.2. The third-order valence-corrected chi connectivity index (χ3v) is 11.6. The number of esters is 1. The molecule has 0 bridgehead atoms. The Balaban J connectivity index is 1.21. The van der Waals surface area contributed by atoms with Crippen LogP contribution in [0.1, 0.15) is 84.8 Å². The summed E-state index contributed by atoms with van der Waals surface area (Å²) in [5.74, 6) is -0.150. The molecular weight excluding hydrogens is 775 g/mol. The lowest BCUT2D eigenvalue weighted by Gasteiger charge is -2.25. The quantitative estimate of drug-likeness (QED) is 0.0323. The van der Waals surface area contributed by atoms with Gasteiger partial charge in [0.1, 0.15) is 17.8 Å². The van der Waals surface area contributed by atoms with Crippen LogP contribution in [0, 0.1) is 5.92 Å². The van der Waals surface area contributed by atoms with Gasteiger partial charge in [0.15, 0.2) is 5.96 Å². The van der Waals surface area contributed by atoms with Crippen LogP contribution in [-0.2, 0) is 33.8 Å². The second-order valence-electron chi connectivity index (χ2n) is 16.1. The van der Waals surface area contributed by atoms with Crippen LogP contribution in [0.2, 0.25) is 0 Å². The number of nitrogens with two attached hydrogens (primary N) is 2. The molecule has 8 N–H and O–H groups in total. The van der Waals surface area contributed by atoms with Gasteiger partial charge in [-0.25, -0.2) is 9.59 Å². The molecule has 4 aromatic rings. The van der Waals surface area contributed by atoms with E-state index in [-0.39, 0.29) is 18.3 Å². The molecule has 1 aliphatic carbocycles. The number of amides is 4. The van der Waals surface area contributed by atoms with Gasteiger partial charge in [-0.05, 0) is 111 Å². The number of anilines is 1. The lowest BCUT2D eigenvalue weighted by molar-refractivity contribution is -0.130. The molecule has 0 unspecified atom stereocenters. The van der Waals surface area contributed by atoms with Gasteiger partial charge in [0.2, 0.25) is 11.8 Å². The minimum atomic E-state index is -1.03. The standard InChI is InChI=1S/C46H61N9O6/c1-60-37-19-14-31(15-20-37)25-40(43(57)52-39(11-8-22-49-45(47)48)42(56)50-27-32-9-4-3-5-10-32)53-46(59)51-36-18-21-38-35(29-54-23-6-7-24-54)30-55(41(38)26-36)28-33-12-16-34(17-13-33)44(58)61-2/h12-21,26,30,32,39-40H,3-11,22-25,27-29H2,1-2H3,(H,50,56)(H,52,57)(H4,47,48,49)(H2,51,53,59)/t39-,40-/m0/s1. The number of guanidine groups is 1. The number of hydrogen-bond acceptors (Lipinski definition) is 8. The maximum Gasteiger partial charge on any atom is 0.337 e. The highest BCUT2D eigenvalue weighted by Gasteiger charge is 2.28. The third kappa shape index (κ3) is 13.0. The number of nitrogens with one attached hydrogen (secondary N) is 4. The van der Waals surface area contributed by atoms with Gasteiger partial charge in [0, 0.05) is 49.9 Å². The molecule has 61 heavy (non-hydrogen) atoms. The van der Waals surface area contributed by atoms with Crippen LogP contribution in [0.15, 0.2) is 77.9 Å². The van der Waals surface area contributed by atoms with E-state index in [2.05, 4.69) is 41.9 Å². The van der Waals surface area contributed by atoms with Crippen molar-refractivity contribution in [2.75, 3.05) is 45.7 Å². The summed E-state index contributed by atoms with van der Waals surface area (Å²) < 4.78 is 12.4. The molecule has 6 rings (SSSR count). The van der Waals surface area contributed by atoms with Crippen molar-refractivity contribution in [1.29, 1.82) is 0 Å². The monoisotopic (exact) mass is 835 g/mol. The summed E-state index contributed by atoms with van der Waals surface area (Å²) in [6, 6.07) is 18.0. The average Bonchev–Trinajstić information content (AvgIpc) is 3.91. The van der Waals surface area contributed by atoms with E-state index in [0.29, 0.717) is 55.4 Å². The average molecular weight is 836 g/mol. The maximum absolute atomic E-state index is 14.2. The number of methoxy groups -OCH3 is 2. The topological polar surface area (TPSA) is 207 Å². The molecule has 3 aromatic carbocycles. The van der Waals surface area contributed by atoms with Crippen molar-refractivity contribution in [1.82, 2.24) is 25.4 Å². The Morgan fingerprint density at radius 3 is 2.23 bits per heavy atom. The fourth-order valence-corrected chi connectivity index (χ4v) is 8.28. The first-order valence-electron chi connectivity index (χ1n) is 21.4. The first-order valence-corrected chi connectivity index (χ1v) is 21.4. The third-order valence-electron chi connectivity index (χ3n) is 11.6. The molecule has 15 heteroatoms. The van der Waals surface area contributed by atoms with Crippen molar-refractivity contribution in [3.8, 4) is 5.75 Å². The van der Waals surface area contributed by atoms with Crippen molar-refractivity contribution >= 4 is 46.4 Å². The van der Waals surface area contributed by atoms with E-state index in [1.165, 1.54) is 31.9 Å². The minimum absolute atomic E-state index is 0.0429. The molecule has 0 spiro atoms. The Labute approximate surface area is 358 Å². The van der Waals surface area contributed by atoms with Gasteiger partial charge in [0.05, 0.1) is 25.3 Å². The Kier molecular flexibility index (Phi) is 16.0. The molecular formula is C46H61N9O6. The first kappa shape index (κ1) is 44.5. The largest absolute Gasteiger partial charge is 0.497 e. The highest BCUT2D eigenvalue weighted by Crippen LogP contribution is 2.28. The number of likely N-dealkylation sites (tertiary alicyclic amines) is 1. The number of hydrogen-bond donors (Lipinski definition) is 6. The number of urea groups is 1. The van der Waals surface area contributed by atoms with Crippen molar-refractivity contribution in [2.24, 2.45) is 22.4 Å². The van der Waals surface area contributed by atoms with Crippen molar-refractivity contribution in [2.45, 2.75) is 89.4 Å². The van der Waals surface area contributed by atoms with Crippen LogP contribution in [0.4, 0.5) is 10.5 Å². The molecule has 0 radical (unpaired) electrons. The molecule has 2 atom stereocenters. The molecule has 1 saturated carbocycles. The Morgan fingerprint density at radius 2 is 1.54 bits per heavy atom. The van der Waals surface area contributed by atoms with E-state index in [0.717, 1.165) is 67.3 Å². The van der Waals surface area contributed by atoms with Gasteiger partial charge in [-0.15, -0.1) is 0 Å². The van der Waals surface area contributed by atoms with E-state index in [4.69, 9.17) is 20.9 Å². The van der Waals surface area contributed by atoms with Crippen LogP contribution >= 0.6 is 0 Å². The van der Waals surface area contributed by atoms with Crippen molar-refractivity contribution in [3.05, 3.63) is 95.2 Å². The summed E-state index contributed by atoms with van der Waals surface area (Å²) >= 11 is 0. The summed E-state index contributed by atoms with van der Waals surface area (Å²) in [6.07, 6.45) is 11.1. The zero-order valence-electron chi connectivity index (χ0n) is 35.4. The summed E-state index contributed by atoms with van der Waals surface area (Å²) in [5, 5.41) is 13.0. The number of aliphatic imine (C=N–C) groups is 1. The number of ether oxygens (including phenoxy) is 2. The molecule has 2 aliphatic rings. The molecule has 1 aromatic heterocycles. The predicted octanol–water partition coefficient (Wildman–Crippen LogP) is 5.05. The van der Waals surface area contributed by atoms with E-state index >= 15 is 0 Å². The highest BCUT2D eigenvalue weighted by atomic mass is 16.5. The molecule has 4 amide bonds. The van der Waals surface area contributed by atoms with Crippen LogP contribution in [0.3, 0.4) is 0 Å². The van der Waals surface area contributed by atoms with Gasteiger partial charge < -0.3 is 46.8 Å². The zero-order valence-corrected chi connectivity index (χ0v) is 35.4. The fraction of sp³-hybridized carbons (Fsp3) is 0.457. The highest BCUT2D eigenvalue weighted by molar-refractivity contribution is 5.97. The van der Waals surface area contributed by atoms with Crippen LogP contribution in [0.5, 0.6) is 5.75 Å². The van der Waals surface area contributed by atoms with Gasteiger partial charge in [-0.3, -0.25) is 19.5 Å². The molecule has 2 heterocycles. The van der Waals surface area contributed by atoms with Crippen molar-refractivity contribution in [3.63, 3.8) is 0 Å². The smallest absolute Gasteiger partial charge is 0.337 e. The van der Waals surface area contributed by atoms with Crippen LogP contribution < -0.4 is 37.5 Å². The molecule has 1 aliphatic heterocycles. The predicted molar refractivity (Wildman–Crippen MR) is 237 cm³/mol. The second kappa shape index (κ2) is 22.0. The Hall–Kier alpha value is -6.09. The van der Waals surface area contributed by atoms with E-state index in [1.807, 2.05) is 42.5 Å². The Bertz CT molecular complexity index is 2120. The van der Waals surface area contributed by atoms with E-state index in [1.54, 1.807) is 31.4 Å². The summed E-state index contributed by atoms with van der Waals surface area (Å²) in [4.78, 5) is 60.2. The second-order valence-corrected chi connectivity index (χ2v) is 16.1. The molecule has 326 valence electrons. The van der Waals surface area contributed by atoms with Crippen LogP contribution in [0.25, 0.3) is 10.9 Å².